The summed E-state index contributed by atoms with van der Waals surface area (Å²) in [5.41, 5.74) is 1.33. The van der Waals surface area contributed by atoms with Crippen LogP contribution < -0.4 is 4.74 Å². The quantitative estimate of drug-likeness (QED) is 0.794. The SMILES string of the molecule is Oc1ccc(-c2cc(COc3ccc(F)cc3F)on2)cc1. The lowest BCUT2D eigenvalue weighted by Crippen LogP contribution is -1.96. The van der Waals surface area contributed by atoms with Gasteiger partial charge in [0.15, 0.2) is 17.3 Å². The molecule has 4 nitrogen and oxygen atoms in total. The number of phenols is 1. The maximum atomic E-state index is 13.4. The summed E-state index contributed by atoms with van der Waals surface area (Å²) in [6.45, 7) is -0.0341. The highest BCUT2D eigenvalue weighted by atomic mass is 19.1. The summed E-state index contributed by atoms with van der Waals surface area (Å²) in [6, 6.07) is 11.2. The van der Waals surface area contributed by atoms with Crippen LogP contribution in [0.15, 0.2) is 53.1 Å². The van der Waals surface area contributed by atoms with Crippen molar-refractivity contribution in [1.29, 1.82) is 0 Å². The van der Waals surface area contributed by atoms with E-state index in [9.17, 15) is 13.9 Å². The number of phenolic OH excluding ortho intramolecular Hbond substituents is 1. The van der Waals surface area contributed by atoms with Crippen LogP contribution in [0.25, 0.3) is 11.3 Å². The van der Waals surface area contributed by atoms with E-state index in [1.54, 1.807) is 18.2 Å². The van der Waals surface area contributed by atoms with Crippen molar-refractivity contribution in [2.45, 2.75) is 6.61 Å². The molecule has 1 aromatic heterocycles. The topological polar surface area (TPSA) is 55.5 Å². The predicted octanol–water partition coefficient (Wildman–Crippen LogP) is 3.90. The first kappa shape index (κ1) is 14.1. The molecule has 1 heterocycles. The molecule has 2 aromatic carbocycles. The second kappa shape index (κ2) is 5.85. The first-order chi connectivity index (χ1) is 10.6. The van der Waals surface area contributed by atoms with Crippen molar-refractivity contribution >= 4 is 0 Å². The molecule has 0 aliphatic heterocycles. The predicted molar refractivity (Wildman–Crippen MR) is 74.3 cm³/mol. The Hall–Kier alpha value is -2.89. The summed E-state index contributed by atoms with van der Waals surface area (Å²) in [4.78, 5) is 0. The average molecular weight is 303 g/mol. The van der Waals surface area contributed by atoms with E-state index in [1.165, 1.54) is 18.2 Å². The summed E-state index contributed by atoms with van der Waals surface area (Å²) in [7, 11) is 0. The van der Waals surface area contributed by atoms with Gasteiger partial charge in [0.1, 0.15) is 23.9 Å². The molecular weight excluding hydrogens is 292 g/mol. The van der Waals surface area contributed by atoms with Gasteiger partial charge in [-0.25, -0.2) is 8.78 Å². The van der Waals surface area contributed by atoms with Gasteiger partial charge < -0.3 is 14.4 Å². The number of nitrogens with zero attached hydrogens (tertiary/aromatic N) is 1. The number of hydrogen-bond acceptors (Lipinski definition) is 4. The molecule has 0 aliphatic carbocycles. The van der Waals surface area contributed by atoms with E-state index in [1.807, 2.05) is 0 Å². The van der Waals surface area contributed by atoms with E-state index >= 15 is 0 Å². The summed E-state index contributed by atoms with van der Waals surface area (Å²) in [5, 5.41) is 13.1. The summed E-state index contributed by atoms with van der Waals surface area (Å²) in [5.74, 6) is -0.962. The van der Waals surface area contributed by atoms with Crippen LogP contribution in [-0.2, 0) is 6.61 Å². The molecule has 0 unspecified atom stereocenters. The van der Waals surface area contributed by atoms with E-state index in [4.69, 9.17) is 9.26 Å². The highest BCUT2D eigenvalue weighted by molar-refractivity contribution is 5.59. The molecule has 3 aromatic rings. The van der Waals surface area contributed by atoms with Gasteiger partial charge in [-0.1, -0.05) is 5.16 Å². The lowest BCUT2D eigenvalue weighted by molar-refractivity contribution is 0.240. The Morgan fingerprint density at radius 3 is 2.55 bits per heavy atom. The number of rotatable bonds is 4. The minimum absolute atomic E-state index is 0.0341. The standard InChI is InChI=1S/C16H11F2NO3/c17-11-3-6-16(14(18)7-11)21-9-13-8-15(19-22-13)10-1-4-12(20)5-2-10/h1-8,20H,9H2. The Balaban J connectivity index is 1.70. The van der Waals surface area contributed by atoms with Gasteiger partial charge in [-0.2, -0.15) is 0 Å². The second-order valence-corrected chi connectivity index (χ2v) is 4.59. The van der Waals surface area contributed by atoms with Crippen LogP contribution in [0.4, 0.5) is 8.78 Å². The van der Waals surface area contributed by atoms with Crippen molar-refractivity contribution in [3.8, 4) is 22.8 Å². The molecule has 0 atom stereocenters. The van der Waals surface area contributed by atoms with Gasteiger partial charge in [0.25, 0.3) is 0 Å². The Labute approximate surface area is 124 Å². The number of hydrogen-bond donors (Lipinski definition) is 1. The normalized spacial score (nSPS) is 10.6. The fraction of sp³-hybridized carbons (Fsp3) is 0.0625. The maximum absolute atomic E-state index is 13.4. The van der Waals surface area contributed by atoms with Crippen LogP contribution >= 0.6 is 0 Å². The van der Waals surface area contributed by atoms with Crippen LogP contribution in [0.5, 0.6) is 11.5 Å². The van der Waals surface area contributed by atoms with Gasteiger partial charge in [0.2, 0.25) is 0 Å². The van der Waals surface area contributed by atoms with Crippen molar-refractivity contribution in [3.05, 3.63) is 65.9 Å². The van der Waals surface area contributed by atoms with Gasteiger partial charge >= 0.3 is 0 Å². The molecule has 22 heavy (non-hydrogen) atoms. The van der Waals surface area contributed by atoms with E-state index < -0.39 is 11.6 Å². The highest BCUT2D eigenvalue weighted by Gasteiger charge is 2.09. The van der Waals surface area contributed by atoms with Gasteiger partial charge in [0.05, 0.1) is 0 Å². The summed E-state index contributed by atoms with van der Waals surface area (Å²) < 4.78 is 36.5. The largest absolute Gasteiger partial charge is 0.508 e. The van der Waals surface area contributed by atoms with Crippen molar-refractivity contribution in [1.82, 2.24) is 5.16 Å². The second-order valence-electron chi connectivity index (χ2n) is 4.59. The Morgan fingerprint density at radius 1 is 1.05 bits per heavy atom. The van der Waals surface area contributed by atoms with Crippen molar-refractivity contribution in [3.63, 3.8) is 0 Å². The minimum atomic E-state index is -0.779. The molecule has 6 heteroatoms. The monoisotopic (exact) mass is 303 g/mol. The van der Waals surface area contributed by atoms with Gasteiger partial charge in [-0.05, 0) is 36.4 Å². The molecule has 0 radical (unpaired) electrons. The Kier molecular flexibility index (Phi) is 3.74. The van der Waals surface area contributed by atoms with Crippen molar-refractivity contribution in [2.24, 2.45) is 0 Å². The van der Waals surface area contributed by atoms with Crippen LogP contribution in [0, 0.1) is 11.6 Å². The Bertz CT molecular complexity index is 784. The third kappa shape index (κ3) is 3.06. The van der Waals surface area contributed by atoms with Crippen LogP contribution in [0.2, 0.25) is 0 Å². The van der Waals surface area contributed by atoms with Gasteiger partial charge in [-0.3, -0.25) is 0 Å². The molecular formula is C16H11F2NO3. The van der Waals surface area contributed by atoms with E-state index in [2.05, 4.69) is 5.16 Å². The first-order valence-electron chi connectivity index (χ1n) is 6.44. The maximum Gasteiger partial charge on any atom is 0.174 e. The summed E-state index contributed by atoms with van der Waals surface area (Å²) >= 11 is 0. The van der Waals surface area contributed by atoms with Crippen LogP contribution in [0.3, 0.4) is 0 Å². The molecule has 1 N–H and O–H groups in total. The highest BCUT2D eigenvalue weighted by Crippen LogP contribution is 2.23. The smallest absolute Gasteiger partial charge is 0.174 e. The molecule has 0 spiro atoms. The van der Waals surface area contributed by atoms with E-state index in [0.29, 0.717) is 11.5 Å². The minimum Gasteiger partial charge on any atom is -0.508 e. The number of halogens is 2. The molecule has 0 saturated heterocycles. The molecule has 0 fully saturated rings. The fourth-order valence-corrected chi connectivity index (χ4v) is 1.89. The van der Waals surface area contributed by atoms with E-state index in [-0.39, 0.29) is 18.1 Å². The van der Waals surface area contributed by atoms with Crippen molar-refractivity contribution < 1.29 is 23.1 Å². The Morgan fingerprint density at radius 2 is 1.82 bits per heavy atom. The number of aromatic hydroxyl groups is 1. The lowest BCUT2D eigenvalue weighted by Gasteiger charge is -2.04. The average Bonchev–Trinajstić information content (AvgIpc) is 2.96. The molecule has 0 bridgehead atoms. The van der Waals surface area contributed by atoms with Crippen LogP contribution in [-0.4, -0.2) is 10.3 Å². The van der Waals surface area contributed by atoms with Crippen LogP contribution in [0.1, 0.15) is 5.76 Å². The first-order valence-corrected chi connectivity index (χ1v) is 6.44. The zero-order chi connectivity index (χ0) is 15.5. The zero-order valence-electron chi connectivity index (χ0n) is 11.3. The molecule has 0 saturated carbocycles. The third-order valence-electron chi connectivity index (χ3n) is 2.99. The molecule has 112 valence electrons. The molecule has 3 rings (SSSR count). The van der Waals surface area contributed by atoms with Gasteiger partial charge in [-0.15, -0.1) is 0 Å². The van der Waals surface area contributed by atoms with Gasteiger partial charge in [0, 0.05) is 17.7 Å². The summed E-state index contributed by atoms with van der Waals surface area (Å²) in [6.07, 6.45) is 0. The fourth-order valence-electron chi connectivity index (χ4n) is 1.89. The van der Waals surface area contributed by atoms with Crippen molar-refractivity contribution in [2.75, 3.05) is 0 Å². The van der Waals surface area contributed by atoms with E-state index in [0.717, 1.165) is 17.7 Å². The number of ether oxygens (including phenoxy) is 1. The lowest BCUT2D eigenvalue weighted by atomic mass is 10.1. The number of benzene rings is 2. The molecule has 0 aliphatic rings. The molecule has 0 amide bonds. The third-order valence-corrected chi connectivity index (χ3v) is 2.99. The number of aromatic nitrogens is 1. The zero-order valence-corrected chi connectivity index (χ0v) is 11.3.